The van der Waals surface area contributed by atoms with Crippen molar-refractivity contribution in [2.24, 2.45) is 5.73 Å². The summed E-state index contributed by atoms with van der Waals surface area (Å²) in [5.74, 6) is 0.355. The number of carbonyl (C=O) groups excluding carboxylic acids is 1. The van der Waals surface area contributed by atoms with Crippen molar-refractivity contribution in [2.45, 2.75) is 6.42 Å². The standard InChI is InChI=1S/C32H54N6O11/c33-5-7-40-9-11-42-13-15-44-17-19-46-21-23-48-25-26-49-24-22-47-20-18-45-16-14-43-12-10-41-8-6-34-31(39)27-29-1-3-30(4-2-29)32-37-35-28-36-38-32/h1-4,28H,5-27,33H2,(H,34,39). The van der Waals surface area contributed by atoms with Crippen LogP contribution >= 0.6 is 0 Å². The fraction of sp³-hybridized carbons (Fsp3) is 0.719. The van der Waals surface area contributed by atoms with Gasteiger partial charge >= 0.3 is 0 Å². The highest BCUT2D eigenvalue weighted by molar-refractivity contribution is 5.78. The molecule has 278 valence electrons. The fourth-order valence-electron chi connectivity index (χ4n) is 3.77. The Balaban J connectivity index is 1.20. The van der Waals surface area contributed by atoms with Crippen LogP contribution in [0.1, 0.15) is 5.56 Å². The maximum absolute atomic E-state index is 12.2. The molecule has 17 heteroatoms. The molecule has 2 rings (SSSR count). The van der Waals surface area contributed by atoms with Crippen LogP contribution < -0.4 is 11.1 Å². The number of rotatable bonds is 35. The van der Waals surface area contributed by atoms with Crippen LogP contribution in [0.3, 0.4) is 0 Å². The molecule has 2 aromatic rings. The van der Waals surface area contributed by atoms with Crippen molar-refractivity contribution in [3.05, 3.63) is 36.2 Å². The van der Waals surface area contributed by atoms with E-state index in [4.69, 9.17) is 53.1 Å². The van der Waals surface area contributed by atoms with Gasteiger partial charge in [0.15, 0.2) is 6.33 Å². The quantitative estimate of drug-likeness (QED) is 0.0890. The number of benzene rings is 1. The lowest BCUT2D eigenvalue weighted by molar-refractivity contribution is -0.120. The van der Waals surface area contributed by atoms with Crippen molar-refractivity contribution in [2.75, 3.05) is 145 Å². The van der Waals surface area contributed by atoms with Crippen molar-refractivity contribution in [3.8, 4) is 11.4 Å². The van der Waals surface area contributed by atoms with Gasteiger partial charge in [-0.3, -0.25) is 4.79 Å². The lowest BCUT2D eigenvalue weighted by atomic mass is 10.1. The van der Waals surface area contributed by atoms with E-state index < -0.39 is 0 Å². The molecule has 0 atom stereocenters. The smallest absolute Gasteiger partial charge is 0.224 e. The Morgan fingerprint density at radius 1 is 0.510 bits per heavy atom. The second-order valence-electron chi connectivity index (χ2n) is 10.0. The number of ether oxygens (including phenoxy) is 10. The second-order valence-corrected chi connectivity index (χ2v) is 10.0. The van der Waals surface area contributed by atoms with E-state index in [9.17, 15) is 4.79 Å². The summed E-state index contributed by atoms with van der Waals surface area (Å²) in [6, 6.07) is 7.38. The number of amides is 1. The molecule has 0 radical (unpaired) electrons. The van der Waals surface area contributed by atoms with Gasteiger partial charge in [0.05, 0.1) is 139 Å². The van der Waals surface area contributed by atoms with E-state index in [1.165, 1.54) is 6.33 Å². The van der Waals surface area contributed by atoms with E-state index in [1.807, 2.05) is 24.3 Å². The lowest BCUT2D eigenvalue weighted by Crippen LogP contribution is -2.29. The molecular formula is C32H54N6O11. The lowest BCUT2D eigenvalue weighted by Gasteiger charge is -2.09. The third-order valence-corrected chi connectivity index (χ3v) is 6.16. The minimum Gasteiger partial charge on any atom is -0.378 e. The number of nitrogens with one attached hydrogen (secondary N) is 1. The summed E-state index contributed by atoms with van der Waals surface area (Å²) in [6.45, 7) is 10.8. The van der Waals surface area contributed by atoms with Crippen molar-refractivity contribution >= 4 is 5.91 Å². The van der Waals surface area contributed by atoms with Crippen LogP contribution in [0, 0.1) is 0 Å². The molecule has 3 N–H and O–H groups in total. The molecule has 1 aromatic carbocycles. The van der Waals surface area contributed by atoms with E-state index in [-0.39, 0.29) is 12.3 Å². The van der Waals surface area contributed by atoms with Gasteiger partial charge in [-0.25, -0.2) is 0 Å². The highest BCUT2D eigenvalue weighted by Crippen LogP contribution is 2.14. The molecule has 17 nitrogen and oxygen atoms in total. The molecule has 0 aliphatic heterocycles. The normalized spacial score (nSPS) is 11.3. The van der Waals surface area contributed by atoms with Gasteiger partial charge in [-0.2, -0.15) is 0 Å². The van der Waals surface area contributed by atoms with Gasteiger partial charge in [-0.1, -0.05) is 24.3 Å². The SMILES string of the molecule is NCCOCCOCCOCCOCCOCCOCCOCCOCCOCCOCCNC(=O)Cc1ccc(-c2nncnn2)cc1. The molecule has 0 aliphatic rings. The van der Waals surface area contributed by atoms with E-state index in [1.54, 1.807) is 0 Å². The first-order valence-corrected chi connectivity index (χ1v) is 16.6. The summed E-state index contributed by atoms with van der Waals surface area (Å²) in [4.78, 5) is 12.2. The number of nitrogens with zero attached hydrogens (tertiary/aromatic N) is 4. The van der Waals surface area contributed by atoms with Crippen molar-refractivity contribution in [1.82, 2.24) is 25.7 Å². The highest BCUT2D eigenvalue weighted by Gasteiger charge is 2.06. The molecule has 0 aliphatic carbocycles. The summed E-state index contributed by atoms with van der Waals surface area (Å²) >= 11 is 0. The summed E-state index contributed by atoms with van der Waals surface area (Å²) in [5.41, 5.74) is 7.00. The van der Waals surface area contributed by atoms with Crippen LogP contribution in [0.5, 0.6) is 0 Å². The van der Waals surface area contributed by atoms with Gasteiger partial charge in [0.25, 0.3) is 0 Å². The number of nitrogens with two attached hydrogens (primary N) is 1. The predicted octanol–water partition coefficient (Wildman–Crippen LogP) is -0.283. The molecule has 0 spiro atoms. The first-order valence-electron chi connectivity index (χ1n) is 16.6. The molecule has 1 heterocycles. The zero-order valence-corrected chi connectivity index (χ0v) is 28.5. The molecular weight excluding hydrogens is 644 g/mol. The van der Waals surface area contributed by atoms with Gasteiger partial charge in [-0.05, 0) is 5.56 Å². The average Bonchev–Trinajstić information content (AvgIpc) is 3.13. The number of aromatic nitrogens is 4. The molecule has 0 bridgehead atoms. The number of carbonyl (C=O) groups is 1. The van der Waals surface area contributed by atoms with Gasteiger partial charge in [-0.15, -0.1) is 20.4 Å². The van der Waals surface area contributed by atoms with Crippen LogP contribution in [0.25, 0.3) is 11.4 Å². The van der Waals surface area contributed by atoms with Crippen LogP contribution in [0.2, 0.25) is 0 Å². The van der Waals surface area contributed by atoms with Gasteiger partial charge in [0, 0.05) is 18.7 Å². The Bertz CT molecular complexity index is 1010. The van der Waals surface area contributed by atoms with E-state index >= 15 is 0 Å². The molecule has 0 saturated heterocycles. The number of hydrogen-bond acceptors (Lipinski definition) is 16. The molecule has 0 fully saturated rings. The monoisotopic (exact) mass is 698 g/mol. The Morgan fingerprint density at radius 2 is 0.857 bits per heavy atom. The molecule has 0 saturated carbocycles. The minimum absolute atomic E-state index is 0.0815. The first kappa shape index (κ1) is 42.4. The summed E-state index contributed by atoms with van der Waals surface area (Å²) in [5, 5.41) is 18.1. The fourth-order valence-corrected chi connectivity index (χ4v) is 3.77. The summed E-state index contributed by atoms with van der Waals surface area (Å²) in [7, 11) is 0. The van der Waals surface area contributed by atoms with E-state index in [0.717, 1.165) is 11.1 Å². The van der Waals surface area contributed by atoms with Gasteiger partial charge in [0.2, 0.25) is 11.7 Å². The predicted molar refractivity (Wildman–Crippen MR) is 177 cm³/mol. The number of hydrogen-bond donors (Lipinski definition) is 2. The Labute approximate surface area is 288 Å². The Hall–Kier alpha value is -2.81. The molecule has 1 aromatic heterocycles. The van der Waals surface area contributed by atoms with Crippen molar-refractivity contribution in [3.63, 3.8) is 0 Å². The molecule has 0 unspecified atom stereocenters. The zero-order chi connectivity index (χ0) is 34.7. The summed E-state index contributed by atoms with van der Waals surface area (Å²) in [6.07, 6.45) is 1.54. The minimum atomic E-state index is -0.0815. The van der Waals surface area contributed by atoms with E-state index in [0.29, 0.717) is 151 Å². The van der Waals surface area contributed by atoms with Crippen LogP contribution in [-0.4, -0.2) is 172 Å². The van der Waals surface area contributed by atoms with Gasteiger partial charge < -0.3 is 58.4 Å². The van der Waals surface area contributed by atoms with Crippen molar-refractivity contribution < 1.29 is 52.2 Å². The topological polar surface area (TPSA) is 199 Å². The largest absolute Gasteiger partial charge is 0.378 e. The average molecular weight is 699 g/mol. The Morgan fingerprint density at radius 3 is 1.22 bits per heavy atom. The van der Waals surface area contributed by atoms with Crippen LogP contribution in [-0.2, 0) is 58.6 Å². The first-order chi connectivity index (χ1) is 24.3. The summed E-state index contributed by atoms with van der Waals surface area (Å²) < 4.78 is 54.3. The molecule has 49 heavy (non-hydrogen) atoms. The van der Waals surface area contributed by atoms with Gasteiger partial charge in [0.1, 0.15) is 0 Å². The third-order valence-electron chi connectivity index (χ3n) is 6.16. The maximum atomic E-state index is 12.2. The second kappa shape index (κ2) is 32.4. The zero-order valence-electron chi connectivity index (χ0n) is 28.5. The third kappa shape index (κ3) is 25.8. The Kier molecular flexibility index (Phi) is 28.0. The molecule has 1 amide bonds. The van der Waals surface area contributed by atoms with E-state index in [2.05, 4.69) is 25.7 Å². The maximum Gasteiger partial charge on any atom is 0.224 e. The van der Waals surface area contributed by atoms with Crippen molar-refractivity contribution in [1.29, 1.82) is 0 Å². The highest BCUT2D eigenvalue weighted by atomic mass is 16.6. The van der Waals surface area contributed by atoms with Crippen LogP contribution in [0.4, 0.5) is 0 Å². The van der Waals surface area contributed by atoms with Crippen LogP contribution in [0.15, 0.2) is 30.6 Å².